The van der Waals surface area contributed by atoms with Crippen LogP contribution in [0.25, 0.3) is 22.5 Å². The van der Waals surface area contributed by atoms with Crippen LogP contribution in [-0.2, 0) is 64.2 Å². The highest BCUT2D eigenvalue weighted by Gasteiger charge is 2.33. The van der Waals surface area contributed by atoms with Crippen molar-refractivity contribution >= 4 is 12.1 Å². The van der Waals surface area contributed by atoms with Gasteiger partial charge in [0.2, 0.25) is 12.6 Å². The second-order valence-electron chi connectivity index (χ2n) is 13.5. The van der Waals surface area contributed by atoms with Crippen molar-refractivity contribution in [2.45, 2.75) is 79.2 Å². The number of imidazole rings is 1. The number of benzene rings is 3. The number of rotatable bonds is 17. The Morgan fingerprint density at radius 3 is 2.21 bits per heavy atom. The lowest BCUT2D eigenvalue weighted by Crippen LogP contribution is -2.23. The topological polar surface area (TPSA) is 239 Å². The second kappa shape index (κ2) is 17.8. The van der Waals surface area contributed by atoms with Crippen molar-refractivity contribution in [3.05, 3.63) is 139 Å². The fourth-order valence-corrected chi connectivity index (χ4v) is 5.88. The quantitative estimate of drug-likeness (QED) is 0.0665. The molecule has 302 valence electrons. The van der Waals surface area contributed by atoms with Gasteiger partial charge in [0.1, 0.15) is 30.3 Å². The van der Waals surface area contributed by atoms with E-state index in [-0.39, 0.29) is 61.8 Å². The van der Waals surface area contributed by atoms with Crippen LogP contribution in [-0.4, -0.2) is 52.1 Å². The van der Waals surface area contributed by atoms with Gasteiger partial charge in [0.15, 0.2) is 23.8 Å². The van der Waals surface area contributed by atoms with Crippen LogP contribution in [0.2, 0.25) is 0 Å². The number of aliphatic hydroxyl groups is 1. The summed E-state index contributed by atoms with van der Waals surface area (Å²) in [7, 11) is 0. The van der Waals surface area contributed by atoms with Crippen molar-refractivity contribution in [3.8, 4) is 22.5 Å². The molecule has 0 amide bonds. The second-order valence-corrected chi connectivity index (χ2v) is 13.5. The maximum absolute atomic E-state index is 13.6. The lowest BCUT2D eigenvalue weighted by atomic mass is 9.98. The van der Waals surface area contributed by atoms with Crippen LogP contribution < -0.4 is 5.82 Å². The molecule has 1 N–H and O–H groups in total. The molecule has 0 aliphatic carbocycles. The van der Waals surface area contributed by atoms with Gasteiger partial charge in [0, 0.05) is 18.5 Å². The fourth-order valence-electron chi connectivity index (χ4n) is 5.88. The molecule has 0 saturated carbocycles. The Hall–Kier alpha value is -7.15. The molecular weight excluding hydrogens is 758 g/mol. The van der Waals surface area contributed by atoms with Crippen molar-refractivity contribution in [2.75, 3.05) is 0 Å². The Bertz CT molecular complexity index is 2440. The predicted molar refractivity (Wildman–Crippen MR) is 200 cm³/mol. The van der Waals surface area contributed by atoms with E-state index in [4.69, 9.17) is 23.0 Å². The molecule has 0 radical (unpaired) electrons. The first-order valence-electron chi connectivity index (χ1n) is 18.0. The molecule has 6 aromatic rings. The van der Waals surface area contributed by atoms with Crippen molar-refractivity contribution in [1.29, 1.82) is 0 Å². The van der Waals surface area contributed by atoms with Gasteiger partial charge in [-0.2, -0.15) is 0 Å². The van der Waals surface area contributed by atoms with Gasteiger partial charge in [-0.3, -0.25) is 0 Å². The summed E-state index contributed by atoms with van der Waals surface area (Å²) in [5.74, 6) is -0.512. The molecule has 3 aromatic heterocycles. The molecule has 0 bridgehead atoms. The predicted octanol–water partition coefficient (Wildman–Crippen LogP) is 5.66. The number of carbonyl (C=O) groups is 2. The van der Waals surface area contributed by atoms with E-state index in [1.807, 2.05) is 55.5 Å². The summed E-state index contributed by atoms with van der Waals surface area (Å²) in [5.41, 5.74) is 3.11. The molecular formula is C39H39N7O12. The average Bonchev–Trinajstić information content (AvgIpc) is 3.91. The summed E-state index contributed by atoms with van der Waals surface area (Å²) in [6.07, 6.45) is 0.293. The molecule has 0 atom stereocenters. The number of ether oxygens (including phenoxy) is 3. The highest BCUT2D eigenvalue weighted by Crippen LogP contribution is 2.31. The number of esters is 1. The molecule has 58 heavy (non-hydrogen) atoms. The third-order valence-corrected chi connectivity index (χ3v) is 8.70. The lowest BCUT2D eigenvalue weighted by molar-refractivity contribution is -0.763. The molecule has 19 heteroatoms. The third kappa shape index (κ3) is 9.98. The van der Waals surface area contributed by atoms with Gasteiger partial charge in [-0.05, 0) is 60.2 Å². The zero-order valence-electron chi connectivity index (χ0n) is 31.9. The third-order valence-electron chi connectivity index (χ3n) is 8.70. The van der Waals surface area contributed by atoms with E-state index in [1.165, 1.54) is 6.92 Å². The molecule has 0 unspecified atom stereocenters. The van der Waals surface area contributed by atoms with Crippen LogP contribution in [0.1, 0.15) is 77.4 Å². The van der Waals surface area contributed by atoms with E-state index < -0.39 is 28.6 Å². The highest BCUT2D eigenvalue weighted by molar-refractivity contribution is 5.89. The molecule has 3 aromatic carbocycles. The normalized spacial score (nSPS) is 11.3. The summed E-state index contributed by atoms with van der Waals surface area (Å²) in [6.45, 7) is 5.82. The summed E-state index contributed by atoms with van der Waals surface area (Å²) >= 11 is 0. The summed E-state index contributed by atoms with van der Waals surface area (Å²) in [4.78, 5) is 57.9. The van der Waals surface area contributed by atoms with E-state index in [9.17, 15) is 29.6 Å². The Kier molecular flexibility index (Phi) is 12.4. The minimum absolute atomic E-state index is 0.0770. The number of nitrogens with zero attached hydrogens (tertiary/aromatic N) is 7. The number of aromatic nitrogens is 6. The monoisotopic (exact) mass is 797 g/mol. The standard InChI is InChI=1S/C39H39N7O12/c1-5-8-32-40-34(39(3,4)50)33(36(47)53-22-31-24(2)57-38(49)58-31)44(32)19-25-15-17-28(18-16-25)29-9-6-7-10-30(29)35-41-43-45(42-35)23-55-37(48)54-20-26-11-13-27(14-12-26)21-56-46(51)52/h6-7,9-18,50H,5,8,19-23H2,1-4H3. The number of hydrogen-bond acceptors (Lipinski definition) is 16. The largest absolute Gasteiger partial charge is 0.519 e. The molecule has 0 fully saturated rings. The molecule has 0 saturated heterocycles. The van der Waals surface area contributed by atoms with Crippen molar-refractivity contribution in [3.63, 3.8) is 0 Å². The van der Waals surface area contributed by atoms with Crippen LogP contribution >= 0.6 is 0 Å². The maximum atomic E-state index is 13.6. The van der Waals surface area contributed by atoms with Gasteiger partial charge in [0.25, 0.3) is 5.09 Å². The van der Waals surface area contributed by atoms with Crippen molar-refractivity contribution in [1.82, 2.24) is 29.8 Å². The summed E-state index contributed by atoms with van der Waals surface area (Å²) in [5, 5.41) is 33.1. The van der Waals surface area contributed by atoms with Crippen molar-refractivity contribution in [2.24, 2.45) is 0 Å². The van der Waals surface area contributed by atoms with Crippen LogP contribution in [0.3, 0.4) is 0 Å². The Labute approximate surface area is 329 Å². The van der Waals surface area contributed by atoms with Gasteiger partial charge in [0.05, 0.1) is 0 Å². The van der Waals surface area contributed by atoms with Crippen molar-refractivity contribution < 1.29 is 47.7 Å². The summed E-state index contributed by atoms with van der Waals surface area (Å²) < 4.78 is 27.4. The van der Waals surface area contributed by atoms with Crippen LogP contribution in [0.4, 0.5) is 4.79 Å². The van der Waals surface area contributed by atoms with E-state index in [0.29, 0.717) is 28.9 Å². The van der Waals surface area contributed by atoms with Gasteiger partial charge in [-0.25, -0.2) is 19.4 Å². The molecule has 6 rings (SSSR count). The number of aryl methyl sites for hydroxylation is 2. The van der Waals surface area contributed by atoms with E-state index in [2.05, 4.69) is 25.2 Å². The Balaban J connectivity index is 1.13. The number of tetrazole rings is 1. The molecule has 0 aliphatic heterocycles. The van der Waals surface area contributed by atoms with Gasteiger partial charge >= 0.3 is 17.9 Å². The molecule has 3 heterocycles. The van der Waals surface area contributed by atoms with E-state index in [0.717, 1.165) is 27.9 Å². The average molecular weight is 798 g/mol. The molecule has 19 nitrogen and oxygen atoms in total. The fraction of sp³-hybridized carbons (Fsp3) is 0.308. The van der Waals surface area contributed by atoms with E-state index in [1.54, 1.807) is 42.7 Å². The minimum atomic E-state index is -1.48. The lowest BCUT2D eigenvalue weighted by Gasteiger charge is -2.17. The van der Waals surface area contributed by atoms with Gasteiger partial charge in [-0.15, -0.1) is 25.1 Å². The zero-order valence-corrected chi connectivity index (χ0v) is 31.9. The van der Waals surface area contributed by atoms with Crippen LogP contribution in [0.5, 0.6) is 0 Å². The molecule has 0 aliphatic rings. The first-order valence-corrected chi connectivity index (χ1v) is 18.0. The number of carbonyl (C=O) groups excluding carboxylic acids is 2. The SMILES string of the molecule is CCCc1nc(C(C)(C)O)c(C(=O)OCc2oc(=O)oc2C)n1Cc1ccc(-c2ccccc2-c2nnn(COC(=O)OCc3ccc(CO[N+](=O)[O-])cc3)n2)cc1. The highest BCUT2D eigenvalue weighted by atomic mass is 16.9. The Morgan fingerprint density at radius 1 is 0.897 bits per heavy atom. The zero-order chi connectivity index (χ0) is 41.4. The molecule has 0 spiro atoms. The van der Waals surface area contributed by atoms with Gasteiger partial charge in [-0.1, -0.05) is 79.7 Å². The van der Waals surface area contributed by atoms with E-state index >= 15 is 0 Å². The summed E-state index contributed by atoms with van der Waals surface area (Å²) in [6, 6.07) is 21.6. The number of hydrogen-bond donors (Lipinski definition) is 1. The first-order chi connectivity index (χ1) is 27.8. The van der Waals surface area contributed by atoms with Crippen LogP contribution in [0, 0.1) is 17.0 Å². The maximum Gasteiger partial charge on any atom is 0.519 e. The minimum Gasteiger partial charge on any atom is -0.453 e. The van der Waals surface area contributed by atoms with Gasteiger partial charge < -0.3 is 37.6 Å². The smallest absolute Gasteiger partial charge is 0.453 e. The first kappa shape index (κ1) is 40.5. The van der Waals surface area contributed by atoms with Crippen LogP contribution in [0.15, 0.2) is 86.4 Å². The Morgan fingerprint density at radius 2 is 1.57 bits per heavy atom.